The number of nitrogens with one attached hydrogen (secondary N) is 2. The van der Waals surface area contributed by atoms with Crippen molar-refractivity contribution in [1.82, 2.24) is 15.2 Å². The van der Waals surface area contributed by atoms with Crippen LogP contribution in [0.15, 0.2) is 12.3 Å². The molecule has 2 heterocycles. The van der Waals surface area contributed by atoms with Gasteiger partial charge in [0.2, 0.25) is 0 Å². The number of nitrogens with zero attached hydrogens (tertiary/aromatic N) is 2. The summed E-state index contributed by atoms with van der Waals surface area (Å²) in [5.74, 6) is -0.241. The number of carbonyl (C=O) groups is 1. The van der Waals surface area contributed by atoms with Crippen LogP contribution in [0.5, 0.6) is 0 Å². The van der Waals surface area contributed by atoms with Crippen molar-refractivity contribution < 1.29 is 9.72 Å². The summed E-state index contributed by atoms with van der Waals surface area (Å²) in [6.45, 7) is 4.21. The predicted molar refractivity (Wildman–Crippen MR) is 70.1 cm³/mol. The van der Waals surface area contributed by atoms with Crippen molar-refractivity contribution in [2.75, 3.05) is 13.1 Å². The van der Waals surface area contributed by atoms with E-state index in [0.717, 1.165) is 25.9 Å². The molecule has 0 bridgehead atoms. The van der Waals surface area contributed by atoms with Gasteiger partial charge in [0.25, 0.3) is 11.6 Å². The number of nitro groups is 1. The number of carbonyl (C=O) groups excluding carboxylic acids is 1. The fourth-order valence-corrected chi connectivity index (χ4v) is 2.25. The van der Waals surface area contributed by atoms with Crippen molar-refractivity contribution in [3.63, 3.8) is 0 Å². The molecule has 0 saturated carbocycles. The second kappa shape index (κ2) is 5.83. The lowest BCUT2D eigenvalue weighted by Crippen LogP contribution is -2.37. The molecule has 19 heavy (non-hydrogen) atoms. The first-order valence-electron chi connectivity index (χ1n) is 6.48. The van der Waals surface area contributed by atoms with Gasteiger partial charge in [0.1, 0.15) is 5.69 Å². The SMILES string of the molecule is CCCn1cc([N+](=O)[O-])cc1C(=O)NC1CCNC1. The first-order chi connectivity index (χ1) is 9.11. The molecule has 0 aromatic carbocycles. The van der Waals surface area contributed by atoms with Crippen LogP contribution in [0.2, 0.25) is 0 Å². The molecule has 1 saturated heterocycles. The van der Waals surface area contributed by atoms with Gasteiger partial charge in [-0.15, -0.1) is 0 Å². The van der Waals surface area contributed by atoms with E-state index >= 15 is 0 Å². The zero-order chi connectivity index (χ0) is 13.8. The van der Waals surface area contributed by atoms with Gasteiger partial charge in [-0.3, -0.25) is 14.9 Å². The number of hydrogen-bond acceptors (Lipinski definition) is 4. The van der Waals surface area contributed by atoms with Gasteiger partial charge in [0.05, 0.1) is 11.1 Å². The van der Waals surface area contributed by atoms with Gasteiger partial charge in [-0.2, -0.15) is 0 Å². The maximum Gasteiger partial charge on any atom is 0.287 e. The molecule has 7 heteroatoms. The van der Waals surface area contributed by atoms with Gasteiger partial charge in [-0.05, 0) is 19.4 Å². The van der Waals surface area contributed by atoms with Crippen molar-refractivity contribution in [1.29, 1.82) is 0 Å². The van der Waals surface area contributed by atoms with Gasteiger partial charge >= 0.3 is 0 Å². The Hall–Kier alpha value is -1.89. The summed E-state index contributed by atoms with van der Waals surface area (Å²) in [5.41, 5.74) is 0.323. The third kappa shape index (κ3) is 3.11. The number of aromatic nitrogens is 1. The molecule has 1 aromatic heterocycles. The quantitative estimate of drug-likeness (QED) is 0.612. The van der Waals surface area contributed by atoms with Crippen molar-refractivity contribution in [3.8, 4) is 0 Å². The average Bonchev–Trinajstić information content (AvgIpc) is 2.98. The van der Waals surface area contributed by atoms with Gasteiger partial charge in [-0.25, -0.2) is 0 Å². The number of rotatable bonds is 5. The van der Waals surface area contributed by atoms with Gasteiger partial charge in [0.15, 0.2) is 0 Å². The number of hydrogen-bond donors (Lipinski definition) is 2. The lowest BCUT2D eigenvalue weighted by atomic mass is 10.2. The first-order valence-corrected chi connectivity index (χ1v) is 6.48. The molecule has 1 aromatic rings. The van der Waals surface area contributed by atoms with E-state index in [9.17, 15) is 14.9 Å². The van der Waals surface area contributed by atoms with E-state index in [0.29, 0.717) is 12.2 Å². The fourth-order valence-electron chi connectivity index (χ4n) is 2.25. The minimum Gasteiger partial charge on any atom is -0.347 e. The molecule has 1 aliphatic rings. The monoisotopic (exact) mass is 266 g/mol. The summed E-state index contributed by atoms with van der Waals surface area (Å²) < 4.78 is 1.65. The standard InChI is InChI=1S/C12H18N4O3/c1-2-5-15-8-10(16(18)19)6-11(15)12(17)14-9-3-4-13-7-9/h6,8-9,13H,2-5,7H2,1H3,(H,14,17). The van der Waals surface area contributed by atoms with Gasteiger partial charge in [-0.1, -0.05) is 6.92 Å². The Kier molecular flexibility index (Phi) is 4.16. The Labute approximate surface area is 111 Å². The highest BCUT2D eigenvalue weighted by Gasteiger charge is 2.22. The van der Waals surface area contributed by atoms with Crippen LogP contribution < -0.4 is 10.6 Å². The lowest BCUT2D eigenvalue weighted by molar-refractivity contribution is -0.384. The smallest absolute Gasteiger partial charge is 0.287 e. The summed E-state index contributed by atoms with van der Waals surface area (Å²) in [6.07, 6.45) is 3.13. The molecule has 0 radical (unpaired) electrons. The predicted octanol–water partition coefficient (Wildman–Crippen LogP) is 0.898. The maximum absolute atomic E-state index is 12.1. The van der Waals surface area contributed by atoms with E-state index in [-0.39, 0.29) is 17.6 Å². The van der Waals surface area contributed by atoms with Crippen LogP contribution in [-0.4, -0.2) is 34.5 Å². The van der Waals surface area contributed by atoms with Crippen molar-refractivity contribution >= 4 is 11.6 Å². The molecule has 2 rings (SSSR count). The molecule has 0 spiro atoms. The zero-order valence-electron chi connectivity index (χ0n) is 10.9. The van der Waals surface area contributed by atoms with Crippen LogP contribution in [0.4, 0.5) is 5.69 Å². The van der Waals surface area contributed by atoms with Crippen LogP contribution >= 0.6 is 0 Å². The van der Waals surface area contributed by atoms with Crippen LogP contribution in [0, 0.1) is 10.1 Å². The Morgan fingerprint density at radius 2 is 2.47 bits per heavy atom. The van der Waals surface area contributed by atoms with Crippen LogP contribution in [0.1, 0.15) is 30.3 Å². The first kappa shape index (κ1) is 13.5. The number of aryl methyl sites for hydroxylation is 1. The van der Waals surface area contributed by atoms with Crippen molar-refractivity contribution in [2.24, 2.45) is 0 Å². The van der Waals surface area contributed by atoms with Gasteiger partial charge < -0.3 is 15.2 Å². The average molecular weight is 266 g/mol. The molecule has 7 nitrogen and oxygen atoms in total. The molecule has 1 fully saturated rings. The largest absolute Gasteiger partial charge is 0.347 e. The topological polar surface area (TPSA) is 89.2 Å². The fraction of sp³-hybridized carbons (Fsp3) is 0.583. The van der Waals surface area contributed by atoms with E-state index in [2.05, 4.69) is 10.6 Å². The third-order valence-corrected chi connectivity index (χ3v) is 3.19. The summed E-state index contributed by atoms with van der Waals surface area (Å²) in [6, 6.07) is 1.45. The van der Waals surface area contributed by atoms with Crippen molar-refractivity contribution in [2.45, 2.75) is 32.4 Å². The molecule has 1 atom stereocenters. The minimum absolute atomic E-state index is 0.0388. The van der Waals surface area contributed by atoms with Crippen LogP contribution in [0.3, 0.4) is 0 Å². The molecular weight excluding hydrogens is 248 g/mol. The maximum atomic E-state index is 12.1. The minimum atomic E-state index is -0.472. The Bertz CT molecular complexity index is 477. The molecule has 1 amide bonds. The van der Waals surface area contributed by atoms with E-state index in [1.807, 2.05) is 6.92 Å². The second-order valence-corrected chi connectivity index (χ2v) is 4.70. The Morgan fingerprint density at radius 3 is 3.05 bits per heavy atom. The zero-order valence-corrected chi connectivity index (χ0v) is 10.9. The number of amides is 1. The molecule has 104 valence electrons. The summed E-state index contributed by atoms with van der Waals surface area (Å²) in [5, 5.41) is 16.9. The molecule has 2 N–H and O–H groups in total. The summed E-state index contributed by atoms with van der Waals surface area (Å²) >= 11 is 0. The molecule has 1 aliphatic heterocycles. The lowest BCUT2D eigenvalue weighted by Gasteiger charge is -2.12. The Balaban J connectivity index is 2.16. The summed E-state index contributed by atoms with van der Waals surface area (Å²) in [7, 11) is 0. The van der Waals surface area contributed by atoms with Gasteiger partial charge in [0, 0.05) is 25.2 Å². The van der Waals surface area contributed by atoms with E-state index in [1.165, 1.54) is 12.3 Å². The highest BCUT2D eigenvalue weighted by atomic mass is 16.6. The highest BCUT2D eigenvalue weighted by Crippen LogP contribution is 2.17. The molecule has 0 aliphatic carbocycles. The van der Waals surface area contributed by atoms with Crippen LogP contribution in [-0.2, 0) is 6.54 Å². The second-order valence-electron chi connectivity index (χ2n) is 4.70. The highest BCUT2D eigenvalue weighted by molar-refractivity contribution is 5.93. The van der Waals surface area contributed by atoms with Crippen LogP contribution in [0.25, 0.3) is 0 Å². The van der Waals surface area contributed by atoms with E-state index in [4.69, 9.17) is 0 Å². The van der Waals surface area contributed by atoms with E-state index < -0.39 is 4.92 Å². The normalized spacial score (nSPS) is 18.5. The molecule has 1 unspecified atom stereocenters. The Morgan fingerprint density at radius 1 is 1.68 bits per heavy atom. The van der Waals surface area contributed by atoms with E-state index in [1.54, 1.807) is 4.57 Å². The summed E-state index contributed by atoms with van der Waals surface area (Å²) in [4.78, 5) is 22.5. The third-order valence-electron chi connectivity index (χ3n) is 3.19. The van der Waals surface area contributed by atoms with Crippen molar-refractivity contribution in [3.05, 3.63) is 28.1 Å². The molecular formula is C12H18N4O3.